The summed E-state index contributed by atoms with van der Waals surface area (Å²) in [5.41, 5.74) is 16.0. The van der Waals surface area contributed by atoms with E-state index in [0.29, 0.717) is 19.4 Å². The van der Waals surface area contributed by atoms with Crippen LogP contribution in [-0.4, -0.2) is 29.9 Å². The van der Waals surface area contributed by atoms with E-state index in [1.54, 1.807) is 6.92 Å². The van der Waals surface area contributed by atoms with Crippen LogP contribution in [0, 0.1) is 0 Å². The van der Waals surface area contributed by atoms with Gasteiger partial charge >= 0.3 is 5.97 Å². The molecule has 4 N–H and O–H groups in total. The van der Waals surface area contributed by atoms with Crippen molar-refractivity contribution < 1.29 is 14.7 Å². The number of nitrogens with two attached hydrogens (primary N) is 1. The second kappa shape index (κ2) is 8.93. The lowest BCUT2D eigenvalue weighted by Gasteiger charge is -2.09. The van der Waals surface area contributed by atoms with Gasteiger partial charge in [0, 0.05) is 11.5 Å². The molecule has 0 fully saturated rings. The predicted molar refractivity (Wildman–Crippen MR) is 57.2 cm³/mol. The van der Waals surface area contributed by atoms with Crippen molar-refractivity contribution in [2.24, 2.45) is 10.8 Å². The standard InChI is InChI=1S/C8H17N5O3/c1-6(12-13-10)16-11-5-3-2-4-7(9)8(14)15/h6-7,11H,2-5,9H2,1H3,(H,14,15). The predicted octanol–water partition coefficient (Wildman–Crippen LogP) is 0.746. The van der Waals surface area contributed by atoms with Gasteiger partial charge in [-0.1, -0.05) is 5.11 Å². The van der Waals surface area contributed by atoms with E-state index < -0.39 is 18.2 Å². The highest BCUT2D eigenvalue weighted by Crippen LogP contribution is 1.98. The number of carboxylic acids is 1. The Hall–Kier alpha value is -1.34. The molecule has 0 spiro atoms. The topological polar surface area (TPSA) is 133 Å². The van der Waals surface area contributed by atoms with Crippen LogP contribution in [0.25, 0.3) is 10.4 Å². The lowest BCUT2D eigenvalue weighted by atomic mass is 10.1. The first kappa shape index (κ1) is 14.7. The van der Waals surface area contributed by atoms with E-state index in [1.807, 2.05) is 0 Å². The van der Waals surface area contributed by atoms with Gasteiger partial charge in [0.25, 0.3) is 0 Å². The number of unbranched alkanes of at least 4 members (excludes halogenated alkanes) is 1. The molecule has 8 nitrogen and oxygen atoms in total. The average molecular weight is 231 g/mol. The summed E-state index contributed by atoms with van der Waals surface area (Å²) in [5.74, 6) is -0.985. The molecule has 0 amide bonds. The second-order valence-electron chi connectivity index (χ2n) is 3.26. The maximum absolute atomic E-state index is 10.4. The Bertz CT molecular complexity index is 242. The second-order valence-corrected chi connectivity index (χ2v) is 3.26. The van der Waals surface area contributed by atoms with Gasteiger partial charge in [0.2, 0.25) is 0 Å². The quantitative estimate of drug-likeness (QED) is 0.177. The van der Waals surface area contributed by atoms with Crippen LogP contribution in [-0.2, 0) is 9.63 Å². The van der Waals surface area contributed by atoms with E-state index in [-0.39, 0.29) is 0 Å². The van der Waals surface area contributed by atoms with Crippen molar-refractivity contribution in [3.8, 4) is 0 Å². The Balaban J connectivity index is 3.34. The van der Waals surface area contributed by atoms with Crippen molar-refractivity contribution in [1.29, 1.82) is 0 Å². The summed E-state index contributed by atoms with van der Waals surface area (Å²) in [5, 5.41) is 11.8. The number of azide groups is 1. The Morgan fingerprint density at radius 2 is 2.38 bits per heavy atom. The third-order valence-corrected chi connectivity index (χ3v) is 1.83. The molecular formula is C8H17N5O3. The zero-order valence-electron chi connectivity index (χ0n) is 9.17. The molecule has 0 aliphatic carbocycles. The van der Waals surface area contributed by atoms with Crippen LogP contribution < -0.4 is 11.2 Å². The highest BCUT2D eigenvalue weighted by Gasteiger charge is 2.09. The van der Waals surface area contributed by atoms with Crippen molar-refractivity contribution >= 4 is 5.97 Å². The van der Waals surface area contributed by atoms with Gasteiger partial charge in [-0.3, -0.25) is 9.63 Å². The molecule has 0 saturated carbocycles. The van der Waals surface area contributed by atoms with E-state index in [2.05, 4.69) is 15.5 Å². The van der Waals surface area contributed by atoms with E-state index in [4.69, 9.17) is 21.2 Å². The fourth-order valence-corrected chi connectivity index (χ4v) is 0.961. The van der Waals surface area contributed by atoms with E-state index in [9.17, 15) is 4.79 Å². The fraction of sp³-hybridized carbons (Fsp3) is 0.875. The molecule has 0 rings (SSSR count). The van der Waals surface area contributed by atoms with Crippen molar-refractivity contribution in [2.45, 2.75) is 38.5 Å². The van der Waals surface area contributed by atoms with Crippen molar-refractivity contribution in [1.82, 2.24) is 5.48 Å². The van der Waals surface area contributed by atoms with Gasteiger partial charge in [0.05, 0.1) is 0 Å². The summed E-state index contributed by atoms with van der Waals surface area (Å²) < 4.78 is 0. The summed E-state index contributed by atoms with van der Waals surface area (Å²) in [6.45, 7) is 2.16. The fourth-order valence-electron chi connectivity index (χ4n) is 0.961. The number of rotatable bonds is 9. The molecule has 0 saturated heterocycles. The molecule has 16 heavy (non-hydrogen) atoms. The molecule has 0 aliphatic rings. The van der Waals surface area contributed by atoms with Gasteiger partial charge in [0.15, 0.2) is 6.23 Å². The number of carboxylic acid groups (broad SMARTS) is 1. The monoisotopic (exact) mass is 231 g/mol. The number of nitrogens with one attached hydrogen (secondary N) is 1. The molecule has 0 aliphatic heterocycles. The van der Waals surface area contributed by atoms with Crippen molar-refractivity contribution in [3.05, 3.63) is 10.4 Å². The van der Waals surface area contributed by atoms with Gasteiger partial charge < -0.3 is 10.8 Å². The third kappa shape index (κ3) is 8.01. The number of nitrogens with zero attached hydrogens (tertiary/aromatic N) is 3. The van der Waals surface area contributed by atoms with E-state index in [1.165, 1.54) is 0 Å². The van der Waals surface area contributed by atoms with Gasteiger partial charge in [-0.2, -0.15) is 0 Å². The molecule has 0 aromatic heterocycles. The molecule has 2 atom stereocenters. The van der Waals surface area contributed by atoms with Crippen molar-refractivity contribution in [3.63, 3.8) is 0 Å². The lowest BCUT2D eigenvalue weighted by molar-refractivity contribution is -0.138. The van der Waals surface area contributed by atoms with Gasteiger partial charge in [-0.25, -0.2) is 5.48 Å². The van der Waals surface area contributed by atoms with E-state index >= 15 is 0 Å². The minimum Gasteiger partial charge on any atom is -0.480 e. The number of aliphatic carboxylic acids is 1. The zero-order chi connectivity index (χ0) is 12.4. The Kier molecular flexibility index (Phi) is 8.18. The minimum absolute atomic E-state index is 0.433. The normalized spacial score (nSPS) is 13.9. The highest BCUT2D eigenvalue weighted by molar-refractivity contribution is 5.72. The smallest absolute Gasteiger partial charge is 0.320 e. The van der Waals surface area contributed by atoms with Crippen molar-refractivity contribution in [2.75, 3.05) is 6.54 Å². The zero-order valence-corrected chi connectivity index (χ0v) is 9.17. The van der Waals surface area contributed by atoms with Crippen LogP contribution in [0.3, 0.4) is 0 Å². The van der Waals surface area contributed by atoms with Gasteiger partial charge in [-0.05, 0) is 31.7 Å². The summed E-state index contributed by atoms with van der Waals surface area (Å²) in [7, 11) is 0. The summed E-state index contributed by atoms with van der Waals surface area (Å²) >= 11 is 0. The molecule has 8 heteroatoms. The first-order chi connectivity index (χ1) is 7.57. The molecule has 0 aromatic rings. The number of hydrogen-bond donors (Lipinski definition) is 3. The maximum Gasteiger partial charge on any atom is 0.320 e. The first-order valence-corrected chi connectivity index (χ1v) is 4.99. The van der Waals surface area contributed by atoms with Crippen LogP contribution in [0.15, 0.2) is 5.11 Å². The van der Waals surface area contributed by atoms with Gasteiger partial charge in [-0.15, -0.1) is 0 Å². The first-order valence-electron chi connectivity index (χ1n) is 4.99. The average Bonchev–Trinajstić information content (AvgIpc) is 2.23. The van der Waals surface area contributed by atoms with Crippen LogP contribution in [0.4, 0.5) is 0 Å². The third-order valence-electron chi connectivity index (χ3n) is 1.83. The molecule has 0 heterocycles. The number of hydroxylamine groups is 1. The number of hydrogen-bond acceptors (Lipinski definition) is 5. The summed E-state index contributed by atoms with van der Waals surface area (Å²) in [6, 6.07) is -0.803. The molecule has 0 aromatic carbocycles. The summed E-state index contributed by atoms with van der Waals surface area (Å²) in [6.07, 6.45) is 1.30. The lowest BCUT2D eigenvalue weighted by Crippen LogP contribution is -2.30. The highest BCUT2D eigenvalue weighted by atomic mass is 16.7. The molecule has 0 bridgehead atoms. The van der Waals surface area contributed by atoms with Crippen LogP contribution in [0.2, 0.25) is 0 Å². The maximum atomic E-state index is 10.4. The van der Waals surface area contributed by atoms with Crippen LogP contribution >= 0.6 is 0 Å². The Labute approximate surface area is 93.3 Å². The number of carbonyl (C=O) groups is 1. The Morgan fingerprint density at radius 3 is 2.94 bits per heavy atom. The molecule has 0 radical (unpaired) electrons. The summed E-state index contributed by atoms with van der Waals surface area (Å²) in [4.78, 5) is 17.9. The largest absolute Gasteiger partial charge is 0.480 e. The molecular weight excluding hydrogens is 214 g/mol. The molecule has 92 valence electrons. The Morgan fingerprint density at radius 1 is 1.69 bits per heavy atom. The van der Waals surface area contributed by atoms with Gasteiger partial charge in [0.1, 0.15) is 6.04 Å². The van der Waals surface area contributed by atoms with E-state index in [0.717, 1.165) is 6.42 Å². The molecule has 2 unspecified atom stereocenters. The van der Waals surface area contributed by atoms with Crippen LogP contribution in [0.1, 0.15) is 26.2 Å². The minimum atomic E-state index is -0.985. The van der Waals surface area contributed by atoms with Crippen LogP contribution in [0.5, 0.6) is 0 Å². The SMILES string of the molecule is CC(N=[N+]=[N-])ONCCCCC(N)C(=O)O.